The molecule has 0 aromatic heterocycles. The number of hydrogen-bond donors (Lipinski definition) is 1. The van der Waals surface area contributed by atoms with Crippen LogP contribution in [-0.2, 0) is 31.9 Å². The molecule has 1 N–H and O–H groups in total. The van der Waals surface area contributed by atoms with Crippen LogP contribution in [0.4, 0.5) is 5.69 Å². The smallest absolute Gasteiger partial charge is 0.310 e. The lowest BCUT2D eigenvalue weighted by molar-refractivity contribution is -0.143. The van der Waals surface area contributed by atoms with E-state index in [2.05, 4.69) is 0 Å². The molecule has 1 aromatic rings. The lowest BCUT2D eigenvalue weighted by Gasteiger charge is -2.25. The second kappa shape index (κ2) is 8.23. The van der Waals surface area contributed by atoms with Crippen molar-refractivity contribution >= 4 is 17.6 Å². The zero-order chi connectivity index (χ0) is 15.8. The lowest BCUT2D eigenvalue weighted by atomic mass is 10.0. The van der Waals surface area contributed by atoms with E-state index in [0.29, 0.717) is 11.1 Å². The third-order valence-electron chi connectivity index (χ3n) is 2.65. The first-order valence-corrected chi connectivity index (χ1v) is 6.57. The van der Waals surface area contributed by atoms with Gasteiger partial charge in [-0.3, -0.25) is 14.8 Å². The molecule has 0 saturated heterocycles. The Kier molecular flexibility index (Phi) is 6.64. The monoisotopic (exact) mass is 296 g/mol. The van der Waals surface area contributed by atoms with E-state index in [1.165, 1.54) is 12.1 Å². The quantitative estimate of drug-likeness (QED) is 0.602. The summed E-state index contributed by atoms with van der Waals surface area (Å²) in [7, 11) is 0. The van der Waals surface area contributed by atoms with Gasteiger partial charge in [-0.25, -0.2) is 0 Å². The van der Waals surface area contributed by atoms with Crippen molar-refractivity contribution in [3.05, 3.63) is 34.5 Å². The normalized spacial score (nSPS) is 10.1. The molecule has 0 fully saturated rings. The average Bonchev–Trinajstić information content (AvgIpc) is 2.40. The van der Waals surface area contributed by atoms with Gasteiger partial charge in [0.1, 0.15) is 0 Å². The van der Waals surface area contributed by atoms with Crippen molar-refractivity contribution in [2.75, 3.05) is 18.4 Å². The van der Waals surface area contributed by atoms with Crippen LogP contribution < -0.4 is 5.23 Å². The topological polar surface area (TPSA) is 99.1 Å². The third kappa shape index (κ3) is 5.41. The standard InChI is InChI=1S/C14H18NO6/c1-3-20-13(16)8-10-5-6-11(9-14(17)21-4-2)12(7-10)15(18)19/h5-7,18H,3-4,8-9H2,1-2H3/q-1. The maximum absolute atomic E-state index is 11.4. The van der Waals surface area contributed by atoms with Crippen molar-refractivity contribution < 1.29 is 24.3 Å². The fraction of sp³-hybridized carbons (Fsp3) is 0.429. The summed E-state index contributed by atoms with van der Waals surface area (Å²) in [6.45, 7) is 3.86. The van der Waals surface area contributed by atoms with Gasteiger partial charge in [0.2, 0.25) is 0 Å². The van der Waals surface area contributed by atoms with Gasteiger partial charge in [-0.2, -0.15) is 0 Å². The first kappa shape index (κ1) is 16.9. The predicted molar refractivity (Wildman–Crippen MR) is 74.7 cm³/mol. The number of anilines is 1. The fourth-order valence-electron chi connectivity index (χ4n) is 1.79. The van der Waals surface area contributed by atoms with Gasteiger partial charge in [0.25, 0.3) is 0 Å². The Morgan fingerprint density at radius 2 is 1.71 bits per heavy atom. The SMILES string of the molecule is CCOC(=O)Cc1ccc(CC(=O)OCC)c(N([O-])O)c1. The molecular formula is C14H18NO6-. The van der Waals surface area contributed by atoms with Crippen LogP contribution in [0.25, 0.3) is 0 Å². The van der Waals surface area contributed by atoms with E-state index < -0.39 is 11.9 Å². The Labute approximate surface area is 122 Å². The molecule has 7 nitrogen and oxygen atoms in total. The molecule has 0 amide bonds. The van der Waals surface area contributed by atoms with Crippen LogP contribution in [0.2, 0.25) is 0 Å². The summed E-state index contributed by atoms with van der Waals surface area (Å²) < 4.78 is 9.60. The second-order valence-electron chi connectivity index (χ2n) is 4.20. The Hall–Kier alpha value is -2.12. The van der Waals surface area contributed by atoms with Crippen molar-refractivity contribution in [1.82, 2.24) is 0 Å². The van der Waals surface area contributed by atoms with Crippen molar-refractivity contribution in [1.29, 1.82) is 0 Å². The number of benzene rings is 1. The molecule has 0 spiro atoms. The molecule has 0 unspecified atom stereocenters. The van der Waals surface area contributed by atoms with Gasteiger partial charge < -0.3 is 19.9 Å². The fourth-order valence-corrected chi connectivity index (χ4v) is 1.79. The van der Waals surface area contributed by atoms with Gasteiger partial charge in [-0.05, 0) is 31.0 Å². The number of esters is 2. The molecule has 0 bridgehead atoms. The first-order valence-electron chi connectivity index (χ1n) is 6.57. The van der Waals surface area contributed by atoms with E-state index in [1.807, 2.05) is 0 Å². The molecular weight excluding hydrogens is 278 g/mol. The van der Waals surface area contributed by atoms with E-state index in [9.17, 15) is 14.8 Å². The van der Waals surface area contributed by atoms with Gasteiger partial charge in [-0.1, -0.05) is 12.1 Å². The van der Waals surface area contributed by atoms with Crippen molar-refractivity contribution in [2.45, 2.75) is 26.7 Å². The highest BCUT2D eigenvalue weighted by atomic mass is 16.8. The molecule has 1 rings (SSSR count). The highest BCUT2D eigenvalue weighted by Gasteiger charge is 2.12. The van der Waals surface area contributed by atoms with Crippen LogP contribution in [0.3, 0.4) is 0 Å². The molecule has 0 aliphatic rings. The zero-order valence-corrected chi connectivity index (χ0v) is 12.0. The zero-order valence-electron chi connectivity index (χ0n) is 12.0. The van der Waals surface area contributed by atoms with Crippen LogP contribution in [0.1, 0.15) is 25.0 Å². The van der Waals surface area contributed by atoms with Crippen molar-refractivity contribution in [3.63, 3.8) is 0 Å². The Morgan fingerprint density at radius 1 is 1.14 bits per heavy atom. The first-order chi connectivity index (χ1) is 9.97. The predicted octanol–water partition coefficient (Wildman–Crippen LogP) is 1.59. The highest BCUT2D eigenvalue weighted by molar-refractivity contribution is 5.77. The molecule has 7 heteroatoms. The molecule has 0 radical (unpaired) electrons. The van der Waals surface area contributed by atoms with Crippen LogP contribution >= 0.6 is 0 Å². The largest absolute Gasteiger partial charge is 0.733 e. The summed E-state index contributed by atoms with van der Waals surface area (Å²) in [4.78, 5) is 22.8. The molecule has 116 valence electrons. The van der Waals surface area contributed by atoms with Gasteiger partial charge in [0, 0.05) is 0 Å². The Morgan fingerprint density at radius 3 is 2.24 bits per heavy atom. The van der Waals surface area contributed by atoms with Gasteiger partial charge in [-0.15, -0.1) is 0 Å². The van der Waals surface area contributed by atoms with E-state index in [4.69, 9.17) is 14.7 Å². The summed E-state index contributed by atoms with van der Waals surface area (Å²) in [5.74, 6) is -0.935. The van der Waals surface area contributed by atoms with Crippen LogP contribution in [0.15, 0.2) is 18.2 Å². The number of ether oxygens (including phenoxy) is 2. The van der Waals surface area contributed by atoms with E-state index >= 15 is 0 Å². The molecule has 0 atom stereocenters. The number of hydrogen-bond acceptors (Lipinski definition) is 7. The van der Waals surface area contributed by atoms with Crippen LogP contribution in [-0.4, -0.2) is 30.4 Å². The highest BCUT2D eigenvalue weighted by Crippen LogP contribution is 2.22. The van der Waals surface area contributed by atoms with Crippen molar-refractivity contribution in [3.8, 4) is 0 Å². The summed E-state index contributed by atoms with van der Waals surface area (Å²) in [5, 5.41) is 20.0. The van der Waals surface area contributed by atoms with E-state index in [0.717, 1.165) is 0 Å². The van der Waals surface area contributed by atoms with Crippen LogP contribution in [0, 0.1) is 5.21 Å². The number of nitrogens with zero attached hydrogens (tertiary/aromatic N) is 1. The summed E-state index contributed by atoms with van der Waals surface area (Å²) >= 11 is 0. The Bertz CT molecular complexity index is 500. The number of rotatable bonds is 7. The minimum Gasteiger partial charge on any atom is -0.733 e. The Balaban J connectivity index is 2.91. The van der Waals surface area contributed by atoms with Gasteiger partial charge in [0.15, 0.2) is 0 Å². The van der Waals surface area contributed by atoms with Crippen molar-refractivity contribution in [2.24, 2.45) is 0 Å². The number of carbonyl (C=O) groups excluding carboxylic acids is 2. The van der Waals surface area contributed by atoms with Crippen LogP contribution in [0.5, 0.6) is 0 Å². The molecule has 0 saturated carbocycles. The molecule has 0 aliphatic carbocycles. The summed E-state index contributed by atoms with van der Waals surface area (Å²) in [6.07, 6.45) is -0.156. The minimum absolute atomic E-state index is 0.0195. The van der Waals surface area contributed by atoms with E-state index in [-0.39, 0.29) is 37.0 Å². The van der Waals surface area contributed by atoms with E-state index in [1.54, 1.807) is 19.9 Å². The second-order valence-corrected chi connectivity index (χ2v) is 4.20. The molecule has 0 heterocycles. The average molecular weight is 296 g/mol. The maximum Gasteiger partial charge on any atom is 0.310 e. The third-order valence-corrected chi connectivity index (χ3v) is 2.65. The number of carbonyl (C=O) groups is 2. The molecule has 21 heavy (non-hydrogen) atoms. The lowest BCUT2D eigenvalue weighted by Crippen LogP contribution is -2.15. The summed E-state index contributed by atoms with van der Waals surface area (Å²) in [6, 6.07) is 4.44. The molecule has 1 aromatic carbocycles. The van der Waals surface area contributed by atoms with Gasteiger partial charge >= 0.3 is 11.9 Å². The molecule has 0 aliphatic heterocycles. The maximum atomic E-state index is 11.4. The van der Waals surface area contributed by atoms with Gasteiger partial charge in [0.05, 0.1) is 31.7 Å². The minimum atomic E-state index is -0.501. The summed E-state index contributed by atoms with van der Waals surface area (Å²) in [5.41, 5.74) is 0.731.